The predicted octanol–water partition coefficient (Wildman–Crippen LogP) is 15.1. The van der Waals surface area contributed by atoms with Crippen molar-refractivity contribution >= 4 is 48.9 Å². The Labute approximate surface area is 353 Å². The van der Waals surface area contributed by atoms with Gasteiger partial charge in [0, 0.05) is 75.0 Å². The third kappa shape index (κ3) is 8.94. The van der Waals surface area contributed by atoms with Gasteiger partial charge in [0.25, 0.3) is 0 Å². The number of allylic oxidation sites excluding steroid dienone is 2. The first-order valence-electron chi connectivity index (χ1n) is 20.2. The molecule has 0 amide bonds. The molecule has 0 saturated carbocycles. The van der Waals surface area contributed by atoms with E-state index in [1.807, 2.05) is 59.1 Å². The van der Waals surface area contributed by atoms with E-state index in [0.717, 1.165) is 71.0 Å². The minimum Gasteiger partial charge on any atom is -0.512 e. The average molecular weight is 949 g/mol. The molecule has 0 aliphatic heterocycles. The molecular weight excluding hydrogens is 887 g/mol. The van der Waals surface area contributed by atoms with Gasteiger partial charge in [0.15, 0.2) is 5.78 Å². The molecule has 0 fully saturated rings. The Morgan fingerprint density at radius 3 is 2.11 bits per heavy atom. The first kappa shape index (κ1) is 45.1. The molecule has 3 aromatic heterocycles. The summed E-state index contributed by atoms with van der Waals surface area (Å²) >= 11 is 1.89. The Morgan fingerprint density at radius 2 is 1.50 bits per heavy atom. The van der Waals surface area contributed by atoms with Crippen molar-refractivity contribution < 1.29 is 34.4 Å². The van der Waals surface area contributed by atoms with E-state index in [4.69, 9.17) is 9.40 Å². The molecule has 0 saturated heterocycles. The summed E-state index contributed by atoms with van der Waals surface area (Å²) in [6.07, 6.45) is 7.75. The van der Waals surface area contributed by atoms with Crippen LogP contribution in [0.4, 0.5) is 0 Å². The number of ketones is 1. The van der Waals surface area contributed by atoms with E-state index in [1.165, 1.54) is 43.1 Å². The van der Waals surface area contributed by atoms with E-state index < -0.39 is 0 Å². The van der Waals surface area contributed by atoms with Crippen LogP contribution in [0.3, 0.4) is 0 Å². The second kappa shape index (κ2) is 17.9. The molecule has 0 unspecified atom stereocenters. The van der Waals surface area contributed by atoms with Crippen molar-refractivity contribution in [3.8, 4) is 22.6 Å². The number of aromatic nitrogens is 1. The number of aryl methyl sites for hydroxylation is 2. The van der Waals surface area contributed by atoms with Gasteiger partial charge >= 0.3 is 0 Å². The second-order valence-corrected chi connectivity index (χ2v) is 18.6. The Kier molecular flexibility index (Phi) is 14.4. The summed E-state index contributed by atoms with van der Waals surface area (Å²) in [4.78, 5) is 18.4. The fourth-order valence-corrected chi connectivity index (χ4v) is 8.58. The Hall–Kier alpha value is -3.57. The minimum atomic E-state index is -0.337. The van der Waals surface area contributed by atoms with E-state index in [2.05, 4.69) is 109 Å². The van der Waals surface area contributed by atoms with Gasteiger partial charge in [-0.2, -0.15) is 0 Å². The summed E-state index contributed by atoms with van der Waals surface area (Å²) in [5, 5.41) is 14.9. The van der Waals surface area contributed by atoms with Crippen molar-refractivity contribution in [2.24, 2.45) is 16.7 Å². The number of rotatable bonds is 11. The third-order valence-electron chi connectivity index (χ3n) is 12.2. The zero-order valence-electron chi connectivity index (χ0n) is 35.9. The number of carbonyl (C=O) groups excluding carboxylic acids is 1. The first-order chi connectivity index (χ1) is 25.9. The summed E-state index contributed by atoms with van der Waals surface area (Å²) in [6.45, 7) is 27.9. The topological polar surface area (TPSA) is 63.3 Å². The van der Waals surface area contributed by atoms with Crippen LogP contribution in [-0.4, -0.2) is 15.9 Å². The largest absolute Gasteiger partial charge is 0.512 e. The van der Waals surface area contributed by atoms with Crippen molar-refractivity contribution in [1.29, 1.82) is 0 Å². The molecule has 3 aromatic carbocycles. The van der Waals surface area contributed by atoms with Crippen molar-refractivity contribution in [2.75, 3.05) is 0 Å². The fraction of sp³-hybridized carbons (Fsp3) is 0.440. The smallest absolute Gasteiger partial charge is 0.164 e. The molecule has 6 aromatic rings. The molecule has 3 heterocycles. The molecule has 6 heteroatoms. The van der Waals surface area contributed by atoms with Crippen LogP contribution in [-0.2, 0) is 36.7 Å². The predicted molar refractivity (Wildman–Crippen MR) is 236 cm³/mol. The van der Waals surface area contributed by atoms with Gasteiger partial charge in [-0.3, -0.25) is 9.78 Å². The SMILES string of the molecule is CCC(C)(CC)C(=O)/C=C(\O)C(C)(CC)CC.Cc1sc2c(-c3oc4c(-c5[c-]c6ccccc6c(C(C)(C)C)c5)nccc4c3C)cccc2c1CC(C)C.[Ir]. The van der Waals surface area contributed by atoms with Gasteiger partial charge in [0.1, 0.15) is 17.1 Å². The summed E-state index contributed by atoms with van der Waals surface area (Å²) in [5.74, 6) is 1.84. The molecule has 0 spiro atoms. The van der Waals surface area contributed by atoms with Crippen molar-refractivity contribution in [3.63, 3.8) is 0 Å². The van der Waals surface area contributed by atoms with Crippen LogP contribution in [0.5, 0.6) is 0 Å². The van der Waals surface area contributed by atoms with E-state index in [-0.39, 0.29) is 47.9 Å². The molecule has 56 heavy (non-hydrogen) atoms. The number of pyridine rings is 1. The van der Waals surface area contributed by atoms with E-state index >= 15 is 0 Å². The van der Waals surface area contributed by atoms with Crippen molar-refractivity contribution in [2.45, 2.75) is 128 Å². The van der Waals surface area contributed by atoms with Gasteiger partial charge in [-0.05, 0) is 80.4 Å². The van der Waals surface area contributed by atoms with Gasteiger partial charge in [-0.15, -0.1) is 40.5 Å². The molecule has 0 aliphatic rings. The quantitative estimate of drug-likeness (QED) is 0.0798. The van der Waals surface area contributed by atoms with E-state index in [1.54, 1.807) is 0 Å². The average Bonchev–Trinajstić information content (AvgIpc) is 3.68. The zero-order chi connectivity index (χ0) is 40.5. The van der Waals surface area contributed by atoms with Gasteiger partial charge in [-0.1, -0.05) is 117 Å². The number of aliphatic hydroxyl groups excluding tert-OH is 1. The van der Waals surface area contributed by atoms with Crippen LogP contribution < -0.4 is 0 Å². The molecule has 1 radical (unpaired) electrons. The number of furan rings is 1. The first-order valence-corrected chi connectivity index (χ1v) is 21.0. The van der Waals surface area contributed by atoms with Crippen LogP contribution >= 0.6 is 11.3 Å². The molecule has 0 atom stereocenters. The maximum absolute atomic E-state index is 12.2. The minimum absolute atomic E-state index is 0. The Bertz CT molecular complexity index is 2340. The standard InChI is InChI=1S/C35H34NOS.C15H28O2.Ir/c1-20(2)17-29-22(4)38-34-27(29)13-10-14-28(34)32-21(3)25-15-16-36-31(33(25)37-32)24-18-23-11-8-9-12-26(23)30(19-24)35(5,6)7;1-7-14(5,8-2)12(16)11-13(17)15(6,9-3)10-4;/h8-16,19-20H,17H2,1-7H3;11,16H,7-10H2,1-6H3;/q-1;;/b;12-11-;. The summed E-state index contributed by atoms with van der Waals surface area (Å²) in [6, 6.07) is 23.1. The monoisotopic (exact) mass is 949 g/mol. The number of benzene rings is 3. The van der Waals surface area contributed by atoms with E-state index in [0.29, 0.717) is 5.92 Å². The second-order valence-electron chi connectivity index (χ2n) is 17.3. The number of carbonyl (C=O) groups is 1. The fourth-order valence-electron chi connectivity index (χ4n) is 7.39. The summed E-state index contributed by atoms with van der Waals surface area (Å²) < 4.78 is 8.08. The molecule has 6 rings (SSSR count). The van der Waals surface area contributed by atoms with Gasteiger partial charge in [0.2, 0.25) is 0 Å². The van der Waals surface area contributed by atoms with Crippen LogP contribution in [0.25, 0.3) is 54.4 Å². The molecular formula is C50H62IrNO3S-. The maximum Gasteiger partial charge on any atom is 0.164 e. The van der Waals surface area contributed by atoms with Gasteiger partial charge in [-0.25, -0.2) is 0 Å². The number of aliphatic hydroxyl groups is 1. The normalized spacial score (nSPS) is 12.6. The van der Waals surface area contributed by atoms with Gasteiger partial charge < -0.3 is 9.52 Å². The van der Waals surface area contributed by atoms with Crippen LogP contribution in [0.1, 0.15) is 123 Å². The Balaban J connectivity index is 0.000000330. The molecule has 301 valence electrons. The third-order valence-corrected chi connectivity index (χ3v) is 13.4. The van der Waals surface area contributed by atoms with Crippen LogP contribution in [0.2, 0.25) is 0 Å². The number of thiophene rings is 1. The Morgan fingerprint density at radius 1 is 0.875 bits per heavy atom. The molecule has 4 nitrogen and oxygen atoms in total. The molecule has 1 N–H and O–H groups in total. The number of hydrogen-bond donors (Lipinski definition) is 1. The van der Waals surface area contributed by atoms with E-state index in [9.17, 15) is 9.90 Å². The van der Waals surface area contributed by atoms with Crippen molar-refractivity contribution in [1.82, 2.24) is 4.98 Å². The van der Waals surface area contributed by atoms with Crippen LogP contribution in [0, 0.1) is 36.7 Å². The number of fused-ring (bicyclic) bond motifs is 3. The maximum atomic E-state index is 12.2. The van der Waals surface area contributed by atoms with Crippen LogP contribution in [0.15, 0.2) is 77.0 Å². The zero-order valence-corrected chi connectivity index (χ0v) is 39.1. The summed E-state index contributed by atoms with van der Waals surface area (Å²) in [5.41, 5.74) is 7.13. The number of nitrogens with zero attached hydrogens (tertiary/aromatic N) is 1. The van der Waals surface area contributed by atoms with Gasteiger partial charge in [0.05, 0.1) is 0 Å². The number of hydrogen-bond acceptors (Lipinski definition) is 5. The summed E-state index contributed by atoms with van der Waals surface area (Å²) in [7, 11) is 0. The molecule has 0 aliphatic carbocycles. The molecule has 0 bridgehead atoms. The van der Waals surface area contributed by atoms with Crippen molar-refractivity contribution in [3.05, 3.63) is 100 Å².